The van der Waals surface area contributed by atoms with Gasteiger partial charge in [-0.05, 0) is 25.0 Å². The van der Waals surface area contributed by atoms with Crippen LogP contribution in [0.5, 0.6) is 0 Å². The van der Waals surface area contributed by atoms with Gasteiger partial charge >= 0.3 is 12.2 Å². The van der Waals surface area contributed by atoms with E-state index in [1.807, 2.05) is 74.5 Å². The molecule has 0 aliphatic carbocycles. The van der Waals surface area contributed by atoms with Gasteiger partial charge in [0.05, 0.1) is 4.32 Å². The lowest BCUT2D eigenvalue weighted by Crippen LogP contribution is -2.57. The number of hydrogen-bond donors (Lipinski definition) is 2. The second kappa shape index (κ2) is 9.97. The minimum absolute atomic E-state index is 0.139. The van der Waals surface area contributed by atoms with Crippen molar-refractivity contribution in [2.45, 2.75) is 37.6 Å². The first kappa shape index (κ1) is 20.8. The van der Waals surface area contributed by atoms with Gasteiger partial charge in [-0.25, -0.2) is 9.59 Å². The normalized spacial score (nSPS) is 11.0. The third-order valence-corrected chi connectivity index (χ3v) is 4.09. The quantitative estimate of drug-likeness (QED) is 0.501. The molecule has 0 aliphatic rings. The largest absolute Gasteiger partial charge is 0.445 e. The summed E-state index contributed by atoms with van der Waals surface area (Å²) in [6.45, 7) is 3.90. The van der Waals surface area contributed by atoms with E-state index >= 15 is 0 Å². The van der Waals surface area contributed by atoms with Crippen molar-refractivity contribution < 1.29 is 19.1 Å². The maximum atomic E-state index is 12.1. The smallest absolute Gasteiger partial charge is 0.409 e. The van der Waals surface area contributed by atoms with E-state index in [0.29, 0.717) is 0 Å². The number of alkyl carbamates (subject to hydrolysis) is 2. The Bertz CT molecular complexity index is 675. The van der Waals surface area contributed by atoms with Crippen molar-refractivity contribution in [3.8, 4) is 0 Å². The Labute approximate surface area is 167 Å². The van der Waals surface area contributed by atoms with E-state index in [2.05, 4.69) is 26.6 Å². The predicted octanol–water partition coefficient (Wildman–Crippen LogP) is 4.34. The molecule has 0 atom stereocenters. The fraction of sp³-hybridized carbons (Fsp3) is 0.300. The van der Waals surface area contributed by atoms with E-state index in [0.717, 1.165) is 11.1 Å². The van der Waals surface area contributed by atoms with Crippen LogP contribution in [0.4, 0.5) is 9.59 Å². The fourth-order valence-electron chi connectivity index (χ4n) is 2.14. The molecule has 0 saturated carbocycles. The van der Waals surface area contributed by atoms with E-state index in [9.17, 15) is 9.59 Å². The summed E-state index contributed by atoms with van der Waals surface area (Å²) in [6.07, 6.45) is -2.01. The van der Waals surface area contributed by atoms with Gasteiger partial charge in [0.2, 0.25) is 0 Å². The first-order valence-corrected chi connectivity index (χ1v) is 9.27. The molecule has 7 heteroatoms. The summed E-state index contributed by atoms with van der Waals surface area (Å²) in [4.78, 5) is 24.2. The first-order valence-electron chi connectivity index (χ1n) is 8.48. The maximum absolute atomic E-state index is 12.1. The number of halogens is 1. The number of benzene rings is 2. The lowest BCUT2D eigenvalue weighted by Gasteiger charge is -2.29. The second-order valence-corrected chi connectivity index (χ2v) is 8.45. The van der Waals surface area contributed by atoms with Crippen LogP contribution in [-0.2, 0) is 22.7 Å². The molecule has 0 aromatic heterocycles. The summed E-state index contributed by atoms with van der Waals surface area (Å²) in [6, 6.07) is 18.7. The first-order chi connectivity index (χ1) is 12.8. The Morgan fingerprint density at radius 1 is 0.852 bits per heavy atom. The van der Waals surface area contributed by atoms with E-state index < -0.39 is 22.7 Å². The van der Waals surface area contributed by atoms with Crippen LogP contribution in [0.2, 0.25) is 0 Å². The van der Waals surface area contributed by atoms with Crippen molar-refractivity contribution in [1.82, 2.24) is 10.6 Å². The van der Waals surface area contributed by atoms with Crippen molar-refractivity contribution in [2.24, 2.45) is 0 Å². The molecular weight excluding hydrogens is 412 g/mol. The topological polar surface area (TPSA) is 76.7 Å². The zero-order chi connectivity index (χ0) is 19.7. The van der Waals surface area contributed by atoms with Crippen molar-refractivity contribution in [3.05, 3.63) is 71.8 Å². The molecule has 0 spiro atoms. The van der Waals surface area contributed by atoms with Crippen LogP contribution in [0.25, 0.3) is 0 Å². The van der Waals surface area contributed by atoms with Crippen LogP contribution >= 0.6 is 15.9 Å². The van der Waals surface area contributed by atoms with Crippen molar-refractivity contribution in [1.29, 1.82) is 0 Å². The number of hydrogen-bond acceptors (Lipinski definition) is 4. The molecule has 2 N–H and O–H groups in total. The summed E-state index contributed by atoms with van der Waals surface area (Å²) in [7, 11) is 0. The Morgan fingerprint density at radius 3 is 1.56 bits per heavy atom. The summed E-state index contributed by atoms with van der Waals surface area (Å²) < 4.78 is 9.78. The summed E-state index contributed by atoms with van der Waals surface area (Å²) >= 11 is 3.45. The Morgan fingerprint density at radius 2 is 1.22 bits per heavy atom. The van der Waals surface area contributed by atoms with Crippen LogP contribution < -0.4 is 10.6 Å². The number of rotatable bonds is 7. The van der Waals surface area contributed by atoms with Gasteiger partial charge in [0, 0.05) is 0 Å². The Hall–Kier alpha value is -2.54. The van der Waals surface area contributed by atoms with E-state index in [4.69, 9.17) is 9.47 Å². The lowest BCUT2D eigenvalue weighted by atomic mass is 10.1. The standard InChI is InChI=1S/C20H23BrN2O4/c1-20(2,21)17(22-18(24)26-13-15-9-5-3-6-10-15)23-19(25)27-14-16-11-7-4-8-12-16/h3-12,17H,13-14H2,1-2H3,(H,22,24)(H,23,25). The molecule has 0 unspecified atom stereocenters. The minimum atomic E-state index is -0.732. The van der Waals surface area contributed by atoms with E-state index in [-0.39, 0.29) is 13.2 Å². The highest BCUT2D eigenvalue weighted by molar-refractivity contribution is 9.10. The summed E-state index contributed by atoms with van der Waals surface area (Å²) in [5, 5.41) is 5.27. The zero-order valence-corrected chi connectivity index (χ0v) is 16.9. The van der Waals surface area contributed by atoms with E-state index in [1.165, 1.54) is 0 Å². The molecule has 6 nitrogen and oxygen atoms in total. The molecule has 144 valence electrons. The summed E-state index contributed by atoms with van der Waals surface area (Å²) in [5.41, 5.74) is 1.75. The molecular formula is C20H23BrN2O4. The van der Waals surface area contributed by atoms with Gasteiger partial charge in [-0.3, -0.25) is 10.6 Å². The molecule has 0 aliphatic heterocycles. The number of nitrogens with one attached hydrogen (secondary N) is 2. The van der Waals surface area contributed by atoms with Crippen LogP contribution in [-0.4, -0.2) is 22.7 Å². The van der Waals surface area contributed by atoms with Crippen molar-refractivity contribution >= 4 is 28.1 Å². The number of carbonyl (C=O) groups is 2. The van der Waals surface area contributed by atoms with Gasteiger partial charge in [0.15, 0.2) is 0 Å². The van der Waals surface area contributed by atoms with Gasteiger partial charge in [-0.1, -0.05) is 76.6 Å². The number of carbonyl (C=O) groups excluding carboxylic acids is 2. The van der Waals surface area contributed by atoms with Crippen molar-refractivity contribution in [2.75, 3.05) is 0 Å². The Kier molecular flexibility index (Phi) is 7.67. The third-order valence-electron chi connectivity index (χ3n) is 3.64. The minimum Gasteiger partial charge on any atom is -0.445 e. The zero-order valence-electron chi connectivity index (χ0n) is 15.3. The SMILES string of the molecule is CC(C)(Br)C(NC(=O)OCc1ccccc1)NC(=O)OCc1ccccc1. The van der Waals surface area contributed by atoms with E-state index in [1.54, 1.807) is 0 Å². The highest BCUT2D eigenvalue weighted by atomic mass is 79.9. The van der Waals surface area contributed by atoms with Crippen LogP contribution in [0.1, 0.15) is 25.0 Å². The molecule has 2 rings (SSSR count). The predicted molar refractivity (Wildman–Crippen MR) is 106 cm³/mol. The highest BCUT2D eigenvalue weighted by Gasteiger charge is 2.30. The lowest BCUT2D eigenvalue weighted by molar-refractivity contribution is 0.119. The molecule has 0 fully saturated rings. The molecule has 27 heavy (non-hydrogen) atoms. The van der Waals surface area contributed by atoms with Gasteiger partial charge in [-0.15, -0.1) is 0 Å². The monoisotopic (exact) mass is 434 g/mol. The molecule has 2 amide bonds. The molecule has 2 aromatic carbocycles. The maximum Gasteiger partial charge on any atom is 0.409 e. The molecule has 0 saturated heterocycles. The number of ether oxygens (including phenoxy) is 2. The van der Waals surface area contributed by atoms with Crippen molar-refractivity contribution in [3.63, 3.8) is 0 Å². The van der Waals surface area contributed by atoms with Crippen LogP contribution in [0.15, 0.2) is 60.7 Å². The van der Waals surface area contributed by atoms with Crippen LogP contribution in [0, 0.1) is 0 Å². The molecule has 0 radical (unpaired) electrons. The second-order valence-electron chi connectivity index (χ2n) is 6.41. The van der Waals surface area contributed by atoms with Gasteiger partial charge in [0.1, 0.15) is 19.4 Å². The number of alkyl halides is 1. The number of amides is 2. The summed E-state index contributed by atoms with van der Waals surface area (Å²) in [5.74, 6) is 0. The highest BCUT2D eigenvalue weighted by Crippen LogP contribution is 2.19. The van der Waals surface area contributed by atoms with Gasteiger partial charge in [-0.2, -0.15) is 0 Å². The van der Waals surface area contributed by atoms with Gasteiger partial charge < -0.3 is 9.47 Å². The average Bonchev–Trinajstić information content (AvgIpc) is 2.65. The fourth-order valence-corrected chi connectivity index (χ4v) is 2.37. The molecule has 0 bridgehead atoms. The molecule has 0 heterocycles. The van der Waals surface area contributed by atoms with Crippen LogP contribution in [0.3, 0.4) is 0 Å². The average molecular weight is 435 g/mol. The van der Waals surface area contributed by atoms with Gasteiger partial charge in [0.25, 0.3) is 0 Å². The molecule has 2 aromatic rings. The third kappa shape index (κ3) is 7.70. The Balaban J connectivity index is 1.84.